The summed E-state index contributed by atoms with van der Waals surface area (Å²) >= 11 is 1.42. The number of ether oxygens (including phenoxy) is 2. The number of rotatable bonds is 8. The van der Waals surface area contributed by atoms with Gasteiger partial charge in [-0.3, -0.25) is 4.79 Å². The van der Waals surface area contributed by atoms with Crippen LogP contribution in [0.4, 0.5) is 0 Å². The standard InChI is InChI=1S/C15H19N3O5S2/c1-10(15(19)16-7-11-8-24-9-17-11)18-25(20,21)12-4-5-13(22-2)14(6-12)23-3/h4-6,8-10,18H,7H2,1-3H3,(H,16,19)/t10-/m0/s1. The van der Waals surface area contributed by atoms with Crippen LogP contribution in [0.2, 0.25) is 0 Å². The highest BCUT2D eigenvalue weighted by molar-refractivity contribution is 7.89. The van der Waals surface area contributed by atoms with E-state index < -0.39 is 22.0 Å². The van der Waals surface area contributed by atoms with Crippen molar-refractivity contribution in [1.82, 2.24) is 15.0 Å². The Balaban J connectivity index is 2.05. The predicted octanol–water partition coefficient (Wildman–Crippen LogP) is 1.14. The van der Waals surface area contributed by atoms with E-state index in [0.717, 1.165) is 0 Å². The molecular weight excluding hydrogens is 366 g/mol. The molecule has 1 amide bonds. The molecule has 1 atom stereocenters. The lowest BCUT2D eigenvalue weighted by atomic mass is 10.3. The molecule has 0 aliphatic rings. The molecule has 25 heavy (non-hydrogen) atoms. The normalized spacial score (nSPS) is 12.4. The minimum absolute atomic E-state index is 0.0238. The first-order chi connectivity index (χ1) is 11.9. The second-order valence-electron chi connectivity index (χ2n) is 5.06. The van der Waals surface area contributed by atoms with Gasteiger partial charge in [-0.15, -0.1) is 11.3 Å². The average molecular weight is 385 g/mol. The summed E-state index contributed by atoms with van der Waals surface area (Å²) in [6.07, 6.45) is 0. The van der Waals surface area contributed by atoms with Crippen LogP contribution in [-0.2, 0) is 21.4 Å². The maximum atomic E-state index is 12.4. The first kappa shape index (κ1) is 19.2. The van der Waals surface area contributed by atoms with Crippen LogP contribution < -0.4 is 19.5 Å². The van der Waals surface area contributed by atoms with E-state index in [1.165, 1.54) is 50.7 Å². The Kier molecular flexibility index (Phi) is 6.34. The molecule has 136 valence electrons. The fourth-order valence-electron chi connectivity index (χ4n) is 1.99. The Morgan fingerprint density at radius 2 is 2.00 bits per heavy atom. The van der Waals surface area contributed by atoms with E-state index in [4.69, 9.17) is 9.47 Å². The maximum Gasteiger partial charge on any atom is 0.241 e. The van der Waals surface area contributed by atoms with E-state index in [1.54, 1.807) is 10.9 Å². The SMILES string of the molecule is COc1ccc(S(=O)(=O)N[C@@H](C)C(=O)NCc2cscn2)cc1OC. The first-order valence-corrected chi connectivity index (χ1v) is 9.69. The number of thiazole rings is 1. The van der Waals surface area contributed by atoms with Gasteiger partial charge in [0.05, 0.1) is 42.9 Å². The van der Waals surface area contributed by atoms with Crippen molar-refractivity contribution in [3.05, 3.63) is 34.8 Å². The molecule has 2 aromatic rings. The fourth-order valence-corrected chi connectivity index (χ4v) is 3.77. The topological polar surface area (TPSA) is 107 Å². The van der Waals surface area contributed by atoms with E-state index in [-0.39, 0.29) is 17.2 Å². The quantitative estimate of drug-likeness (QED) is 0.706. The highest BCUT2D eigenvalue weighted by Crippen LogP contribution is 2.29. The van der Waals surface area contributed by atoms with Crippen LogP contribution in [0.5, 0.6) is 11.5 Å². The lowest BCUT2D eigenvalue weighted by molar-refractivity contribution is -0.122. The summed E-state index contributed by atoms with van der Waals surface area (Å²) in [4.78, 5) is 16.1. The summed E-state index contributed by atoms with van der Waals surface area (Å²) < 4.78 is 37.4. The third-order valence-electron chi connectivity index (χ3n) is 3.32. The van der Waals surface area contributed by atoms with Crippen molar-refractivity contribution < 1.29 is 22.7 Å². The smallest absolute Gasteiger partial charge is 0.241 e. The van der Waals surface area contributed by atoms with E-state index in [0.29, 0.717) is 11.4 Å². The van der Waals surface area contributed by atoms with Crippen molar-refractivity contribution in [1.29, 1.82) is 0 Å². The largest absolute Gasteiger partial charge is 0.493 e. The molecule has 0 spiro atoms. The number of hydrogen-bond acceptors (Lipinski definition) is 7. The Labute approximate surface area is 150 Å². The van der Waals surface area contributed by atoms with Crippen LogP contribution in [0.1, 0.15) is 12.6 Å². The number of carbonyl (C=O) groups is 1. The molecule has 0 bridgehead atoms. The Bertz CT molecular complexity index is 822. The van der Waals surface area contributed by atoms with Crippen molar-refractivity contribution in [3.8, 4) is 11.5 Å². The zero-order chi connectivity index (χ0) is 18.4. The van der Waals surface area contributed by atoms with Gasteiger partial charge in [-0.25, -0.2) is 13.4 Å². The van der Waals surface area contributed by atoms with Gasteiger partial charge in [0.15, 0.2) is 11.5 Å². The lowest BCUT2D eigenvalue weighted by Gasteiger charge is -2.15. The molecule has 1 heterocycles. The van der Waals surface area contributed by atoms with Crippen LogP contribution in [0.25, 0.3) is 0 Å². The van der Waals surface area contributed by atoms with Crippen molar-refractivity contribution in [2.75, 3.05) is 14.2 Å². The van der Waals surface area contributed by atoms with Gasteiger partial charge in [-0.1, -0.05) is 0 Å². The van der Waals surface area contributed by atoms with Gasteiger partial charge in [0.2, 0.25) is 15.9 Å². The molecule has 2 N–H and O–H groups in total. The van der Waals surface area contributed by atoms with Gasteiger partial charge in [-0.2, -0.15) is 4.72 Å². The van der Waals surface area contributed by atoms with Crippen molar-refractivity contribution >= 4 is 27.3 Å². The second kappa shape index (κ2) is 8.28. The summed E-state index contributed by atoms with van der Waals surface area (Å²) in [5, 5.41) is 4.44. The summed E-state index contributed by atoms with van der Waals surface area (Å²) in [6.45, 7) is 1.71. The summed E-state index contributed by atoms with van der Waals surface area (Å²) in [7, 11) is -1.02. The predicted molar refractivity (Wildman–Crippen MR) is 93.3 cm³/mol. The lowest BCUT2D eigenvalue weighted by Crippen LogP contribution is -2.44. The Morgan fingerprint density at radius 1 is 1.28 bits per heavy atom. The third kappa shape index (κ3) is 4.91. The maximum absolute atomic E-state index is 12.4. The monoisotopic (exact) mass is 385 g/mol. The highest BCUT2D eigenvalue weighted by Gasteiger charge is 2.23. The molecule has 0 aliphatic heterocycles. The van der Waals surface area contributed by atoms with E-state index in [1.807, 2.05) is 0 Å². The number of nitrogens with zero attached hydrogens (tertiary/aromatic N) is 1. The Morgan fingerprint density at radius 3 is 2.60 bits per heavy atom. The molecular formula is C15H19N3O5S2. The number of sulfonamides is 1. The van der Waals surface area contributed by atoms with Crippen LogP contribution in [0.3, 0.4) is 0 Å². The van der Waals surface area contributed by atoms with E-state index >= 15 is 0 Å². The molecule has 0 radical (unpaired) electrons. The molecule has 0 unspecified atom stereocenters. The summed E-state index contributed by atoms with van der Waals surface area (Å²) in [5.74, 6) is 0.249. The van der Waals surface area contributed by atoms with Gasteiger partial charge >= 0.3 is 0 Å². The molecule has 0 saturated heterocycles. The average Bonchev–Trinajstić information content (AvgIpc) is 3.12. The van der Waals surface area contributed by atoms with Gasteiger partial charge in [0, 0.05) is 11.4 Å². The number of carbonyl (C=O) groups excluding carboxylic acids is 1. The van der Waals surface area contributed by atoms with E-state index in [9.17, 15) is 13.2 Å². The van der Waals surface area contributed by atoms with Gasteiger partial charge in [0.1, 0.15) is 0 Å². The minimum Gasteiger partial charge on any atom is -0.493 e. The first-order valence-electron chi connectivity index (χ1n) is 7.26. The van der Waals surface area contributed by atoms with Crippen LogP contribution in [-0.4, -0.2) is 39.6 Å². The van der Waals surface area contributed by atoms with Crippen LogP contribution >= 0.6 is 11.3 Å². The molecule has 10 heteroatoms. The number of methoxy groups -OCH3 is 2. The Hall–Kier alpha value is -2.17. The molecule has 0 saturated carbocycles. The number of aromatic nitrogens is 1. The number of amides is 1. The van der Waals surface area contributed by atoms with E-state index in [2.05, 4.69) is 15.0 Å². The van der Waals surface area contributed by atoms with Gasteiger partial charge < -0.3 is 14.8 Å². The third-order valence-corrected chi connectivity index (χ3v) is 5.49. The molecule has 8 nitrogen and oxygen atoms in total. The molecule has 0 fully saturated rings. The van der Waals surface area contributed by atoms with Crippen molar-refractivity contribution in [2.24, 2.45) is 0 Å². The van der Waals surface area contributed by atoms with Crippen LogP contribution in [0, 0.1) is 0 Å². The minimum atomic E-state index is -3.89. The number of benzene rings is 1. The van der Waals surface area contributed by atoms with Crippen LogP contribution in [0.15, 0.2) is 34.0 Å². The molecule has 1 aromatic carbocycles. The second-order valence-corrected chi connectivity index (χ2v) is 7.49. The zero-order valence-corrected chi connectivity index (χ0v) is 15.6. The number of hydrogen-bond donors (Lipinski definition) is 2. The molecule has 1 aromatic heterocycles. The molecule has 0 aliphatic carbocycles. The van der Waals surface area contributed by atoms with Crippen molar-refractivity contribution in [3.63, 3.8) is 0 Å². The van der Waals surface area contributed by atoms with Gasteiger partial charge in [0.25, 0.3) is 0 Å². The fraction of sp³-hybridized carbons (Fsp3) is 0.333. The highest BCUT2D eigenvalue weighted by atomic mass is 32.2. The summed E-state index contributed by atoms with van der Waals surface area (Å²) in [5.41, 5.74) is 2.37. The van der Waals surface area contributed by atoms with Crippen molar-refractivity contribution in [2.45, 2.75) is 24.4 Å². The molecule has 2 rings (SSSR count). The summed E-state index contributed by atoms with van der Waals surface area (Å²) in [6, 6.07) is 3.25. The zero-order valence-electron chi connectivity index (χ0n) is 14.0. The van der Waals surface area contributed by atoms with Gasteiger partial charge in [-0.05, 0) is 19.1 Å². The number of nitrogens with one attached hydrogen (secondary N) is 2.